The van der Waals surface area contributed by atoms with E-state index in [2.05, 4.69) is 45.0 Å². The summed E-state index contributed by atoms with van der Waals surface area (Å²) in [4.78, 5) is 11.9. The lowest BCUT2D eigenvalue weighted by molar-refractivity contribution is 0.223. The smallest absolute Gasteiger partial charge is 0.167 e. The molecule has 0 bridgehead atoms. The number of allylic oxidation sites excluding steroid dienone is 1. The molecule has 5 heterocycles. The lowest BCUT2D eigenvalue weighted by atomic mass is 10.1. The van der Waals surface area contributed by atoms with Crippen molar-refractivity contribution in [2.45, 2.75) is 25.8 Å². The number of aromatic nitrogens is 5. The van der Waals surface area contributed by atoms with Crippen molar-refractivity contribution in [1.82, 2.24) is 34.4 Å². The predicted molar refractivity (Wildman–Crippen MR) is 132 cm³/mol. The third kappa shape index (κ3) is 3.64. The molecule has 1 aliphatic heterocycles. The van der Waals surface area contributed by atoms with Crippen molar-refractivity contribution in [2.24, 2.45) is 0 Å². The summed E-state index contributed by atoms with van der Waals surface area (Å²) >= 11 is 0. The molecule has 33 heavy (non-hydrogen) atoms. The molecule has 9 heteroatoms. The number of pyridine rings is 1. The van der Waals surface area contributed by atoms with Gasteiger partial charge >= 0.3 is 0 Å². The Labute approximate surface area is 192 Å². The van der Waals surface area contributed by atoms with E-state index in [1.807, 2.05) is 12.1 Å². The minimum Gasteiger partial charge on any atom is -0.394 e. The number of hydrogen-bond donors (Lipinski definition) is 3. The number of nitrogens with one attached hydrogen (secondary N) is 2. The van der Waals surface area contributed by atoms with E-state index in [1.54, 1.807) is 36.2 Å². The zero-order valence-corrected chi connectivity index (χ0v) is 19.2. The van der Waals surface area contributed by atoms with Crippen molar-refractivity contribution in [1.29, 1.82) is 5.41 Å². The second-order valence-corrected chi connectivity index (χ2v) is 8.71. The molecule has 4 aromatic rings. The van der Waals surface area contributed by atoms with Crippen LogP contribution in [0.5, 0.6) is 0 Å². The number of aryl methyl sites for hydroxylation is 1. The van der Waals surface area contributed by atoms with Crippen LogP contribution in [0.4, 0.5) is 5.82 Å². The fourth-order valence-electron chi connectivity index (χ4n) is 4.62. The first-order valence-corrected chi connectivity index (χ1v) is 11.2. The molecular formula is C24H29N9. The topological polar surface area (TPSA) is 113 Å². The van der Waals surface area contributed by atoms with Crippen LogP contribution in [0.3, 0.4) is 0 Å². The maximum Gasteiger partial charge on any atom is 0.167 e. The fourth-order valence-corrected chi connectivity index (χ4v) is 4.62. The van der Waals surface area contributed by atoms with Crippen molar-refractivity contribution in [3.63, 3.8) is 0 Å². The van der Waals surface area contributed by atoms with Gasteiger partial charge in [0.2, 0.25) is 0 Å². The summed E-state index contributed by atoms with van der Waals surface area (Å²) in [6, 6.07) is 4.20. The standard InChI is InChI=1S/C24H29N9/c1-15-14-32(17-7-10-31(3)11-8-17)24-21(15)22(26)33-23(30-24)18(13-29-33)16-4-5-20(28-12-16)19(25)6-9-27-2/h4-6,9,12-14,17,25,27H,7-8,10-11,26H2,1-3H3/b9-6-,25-19?. The number of anilines is 1. The molecule has 0 aromatic carbocycles. The van der Waals surface area contributed by atoms with E-state index in [-0.39, 0.29) is 0 Å². The molecule has 4 N–H and O–H groups in total. The van der Waals surface area contributed by atoms with Crippen LogP contribution in [-0.4, -0.2) is 61.9 Å². The Morgan fingerprint density at radius 1 is 1.21 bits per heavy atom. The van der Waals surface area contributed by atoms with E-state index in [0.29, 0.717) is 28.9 Å². The minimum atomic E-state index is 0.339. The zero-order chi connectivity index (χ0) is 23.1. The highest BCUT2D eigenvalue weighted by molar-refractivity contribution is 6.05. The molecule has 1 saturated heterocycles. The van der Waals surface area contributed by atoms with Crippen LogP contribution in [0.25, 0.3) is 27.8 Å². The Balaban J connectivity index is 1.59. The quantitative estimate of drug-likeness (QED) is 0.409. The van der Waals surface area contributed by atoms with Crippen molar-refractivity contribution in [3.8, 4) is 11.1 Å². The van der Waals surface area contributed by atoms with Gasteiger partial charge in [0.1, 0.15) is 11.5 Å². The number of likely N-dealkylation sites (tertiary alicyclic amines) is 1. The molecule has 5 rings (SSSR count). The molecule has 0 amide bonds. The van der Waals surface area contributed by atoms with Gasteiger partial charge in [-0.15, -0.1) is 0 Å². The summed E-state index contributed by atoms with van der Waals surface area (Å²) in [5.74, 6) is 0.606. The van der Waals surface area contributed by atoms with E-state index in [0.717, 1.165) is 53.7 Å². The van der Waals surface area contributed by atoms with Crippen LogP contribution in [0, 0.1) is 12.3 Å². The summed E-state index contributed by atoms with van der Waals surface area (Å²) in [6.45, 7) is 4.24. The van der Waals surface area contributed by atoms with E-state index in [9.17, 15) is 0 Å². The molecule has 0 unspecified atom stereocenters. The highest BCUT2D eigenvalue weighted by atomic mass is 15.3. The maximum atomic E-state index is 8.12. The number of nitrogen functional groups attached to an aromatic ring is 1. The molecule has 0 atom stereocenters. The van der Waals surface area contributed by atoms with E-state index >= 15 is 0 Å². The van der Waals surface area contributed by atoms with Crippen LogP contribution >= 0.6 is 0 Å². The summed E-state index contributed by atoms with van der Waals surface area (Å²) < 4.78 is 4.02. The van der Waals surface area contributed by atoms with Crippen LogP contribution < -0.4 is 11.1 Å². The van der Waals surface area contributed by atoms with Crippen molar-refractivity contribution < 1.29 is 0 Å². The third-order valence-corrected chi connectivity index (χ3v) is 6.48. The Bertz CT molecular complexity index is 1350. The fraction of sp³-hybridized carbons (Fsp3) is 0.333. The Hall–Kier alpha value is -3.72. The second-order valence-electron chi connectivity index (χ2n) is 8.71. The number of fused-ring (bicyclic) bond motifs is 2. The molecule has 1 fully saturated rings. The molecule has 0 aliphatic carbocycles. The average molecular weight is 444 g/mol. The van der Waals surface area contributed by atoms with Gasteiger partial charge in [-0.1, -0.05) is 6.07 Å². The molecule has 0 saturated carbocycles. The molecule has 0 radical (unpaired) electrons. The van der Waals surface area contributed by atoms with Gasteiger partial charge in [0, 0.05) is 36.6 Å². The largest absolute Gasteiger partial charge is 0.394 e. The number of piperidine rings is 1. The van der Waals surface area contributed by atoms with Gasteiger partial charge in [-0.25, -0.2) is 4.98 Å². The maximum absolute atomic E-state index is 8.12. The first-order chi connectivity index (χ1) is 16.0. The molecule has 0 spiro atoms. The molecule has 170 valence electrons. The van der Waals surface area contributed by atoms with E-state index < -0.39 is 0 Å². The minimum absolute atomic E-state index is 0.339. The molecular weight excluding hydrogens is 414 g/mol. The van der Waals surface area contributed by atoms with Crippen molar-refractivity contribution in [2.75, 3.05) is 32.9 Å². The van der Waals surface area contributed by atoms with E-state index in [4.69, 9.17) is 16.1 Å². The summed E-state index contributed by atoms with van der Waals surface area (Å²) in [7, 11) is 3.97. The lowest BCUT2D eigenvalue weighted by Crippen LogP contribution is -2.31. The highest BCUT2D eigenvalue weighted by Gasteiger charge is 2.24. The SMILES string of the molecule is CN/C=C\C(=N)c1ccc(-c2cnn3c(N)c4c(C)cn(C5CCN(C)CC5)c4nc23)cn1. The summed E-state index contributed by atoms with van der Waals surface area (Å²) in [6.07, 6.45) is 11.3. The number of nitrogens with zero attached hydrogens (tertiary/aromatic N) is 6. The van der Waals surface area contributed by atoms with Crippen LogP contribution in [-0.2, 0) is 0 Å². The Kier molecular flexibility index (Phi) is 5.33. The molecule has 9 nitrogen and oxygen atoms in total. The van der Waals surface area contributed by atoms with Crippen molar-refractivity contribution >= 4 is 28.2 Å². The zero-order valence-electron chi connectivity index (χ0n) is 19.2. The molecule has 4 aromatic heterocycles. The Morgan fingerprint density at radius 2 is 2.00 bits per heavy atom. The van der Waals surface area contributed by atoms with Crippen molar-refractivity contribution in [3.05, 3.63) is 54.3 Å². The number of nitrogens with two attached hydrogens (primary N) is 1. The molecule has 1 aliphatic rings. The monoisotopic (exact) mass is 443 g/mol. The van der Waals surface area contributed by atoms with Crippen LogP contribution in [0.1, 0.15) is 30.1 Å². The summed E-state index contributed by atoms with van der Waals surface area (Å²) in [5.41, 5.74) is 12.0. The lowest BCUT2D eigenvalue weighted by Gasteiger charge is -2.30. The van der Waals surface area contributed by atoms with Gasteiger partial charge in [0.05, 0.1) is 23.0 Å². The highest BCUT2D eigenvalue weighted by Crippen LogP contribution is 2.34. The normalized spacial score (nSPS) is 15.7. The second kappa shape index (κ2) is 8.32. The van der Waals surface area contributed by atoms with Crippen LogP contribution in [0.15, 0.2) is 43.0 Å². The number of rotatable bonds is 5. The third-order valence-electron chi connectivity index (χ3n) is 6.48. The van der Waals surface area contributed by atoms with Gasteiger partial charge < -0.3 is 20.5 Å². The number of hydrogen-bond acceptors (Lipinski definition) is 7. The Morgan fingerprint density at radius 3 is 2.70 bits per heavy atom. The van der Waals surface area contributed by atoms with E-state index in [1.165, 1.54) is 0 Å². The van der Waals surface area contributed by atoms with Crippen LogP contribution in [0.2, 0.25) is 0 Å². The first-order valence-electron chi connectivity index (χ1n) is 11.2. The predicted octanol–water partition coefficient (Wildman–Crippen LogP) is 3.00. The van der Waals surface area contributed by atoms with Gasteiger partial charge in [-0.3, -0.25) is 10.4 Å². The average Bonchev–Trinajstić information content (AvgIpc) is 3.40. The van der Waals surface area contributed by atoms with Gasteiger partial charge in [0.25, 0.3) is 0 Å². The van der Waals surface area contributed by atoms with Gasteiger partial charge in [-0.2, -0.15) is 9.61 Å². The first kappa shape index (κ1) is 21.1. The van der Waals surface area contributed by atoms with Gasteiger partial charge in [-0.05, 0) is 63.8 Å². The summed E-state index contributed by atoms with van der Waals surface area (Å²) in [5, 5.41) is 16.5. The van der Waals surface area contributed by atoms with Gasteiger partial charge in [0.15, 0.2) is 5.65 Å².